The van der Waals surface area contributed by atoms with Crippen LogP contribution in [-0.4, -0.2) is 47.1 Å². The van der Waals surface area contributed by atoms with Crippen LogP contribution in [0.1, 0.15) is 81.5 Å². The van der Waals surface area contributed by atoms with Crippen molar-refractivity contribution in [2.45, 2.75) is 77.9 Å². The largest absolute Gasteiger partial charge is 0.481 e. The number of unbranched alkanes of at least 4 members (excludes halogenated alkanes) is 2. The second-order valence-corrected chi connectivity index (χ2v) is 11.2. The summed E-state index contributed by atoms with van der Waals surface area (Å²) < 4.78 is 5.74. The molecule has 0 saturated heterocycles. The highest BCUT2D eigenvalue weighted by Crippen LogP contribution is 2.28. The van der Waals surface area contributed by atoms with Gasteiger partial charge in [0.15, 0.2) is 5.76 Å². The van der Waals surface area contributed by atoms with Crippen molar-refractivity contribution in [2.24, 2.45) is 5.92 Å². The number of rotatable bonds is 18. The lowest BCUT2D eigenvalue weighted by molar-refractivity contribution is -0.200. The van der Waals surface area contributed by atoms with Crippen molar-refractivity contribution in [3.63, 3.8) is 0 Å². The Labute approximate surface area is 258 Å². The maximum Gasteiger partial charge on any atom is 0.313 e. The molecule has 1 unspecified atom stereocenters. The summed E-state index contributed by atoms with van der Waals surface area (Å²) in [7, 11) is 0. The SMILES string of the molecule is CCCCCC(C(=O)NCNC(=O)c1ccc(-c2ccc(C(C)(C)C(=O)O)cc2)o1)[C@@H](CC)N(C=O)OCc1ccccc1. The summed E-state index contributed by atoms with van der Waals surface area (Å²) in [5, 5.41) is 16.1. The number of benzene rings is 2. The Morgan fingerprint density at radius 2 is 1.68 bits per heavy atom. The molecule has 1 aromatic heterocycles. The highest BCUT2D eigenvalue weighted by molar-refractivity contribution is 5.92. The van der Waals surface area contributed by atoms with E-state index in [0.29, 0.717) is 36.1 Å². The van der Waals surface area contributed by atoms with Crippen LogP contribution in [0.2, 0.25) is 0 Å². The van der Waals surface area contributed by atoms with Gasteiger partial charge in [-0.05, 0) is 49.9 Å². The van der Waals surface area contributed by atoms with Crippen LogP contribution in [0.25, 0.3) is 11.3 Å². The first-order chi connectivity index (χ1) is 21.1. The molecule has 3 amide bonds. The summed E-state index contributed by atoms with van der Waals surface area (Å²) in [6.07, 6.45) is 4.44. The third-order valence-corrected chi connectivity index (χ3v) is 7.76. The summed E-state index contributed by atoms with van der Waals surface area (Å²) in [6.45, 7) is 7.32. The van der Waals surface area contributed by atoms with Gasteiger partial charge >= 0.3 is 5.97 Å². The van der Waals surface area contributed by atoms with Crippen LogP contribution >= 0.6 is 0 Å². The molecule has 10 heteroatoms. The minimum atomic E-state index is -1.04. The summed E-state index contributed by atoms with van der Waals surface area (Å²) in [6, 6.07) is 19.1. The van der Waals surface area contributed by atoms with Crippen LogP contribution in [-0.2, 0) is 31.2 Å². The predicted octanol–water partition coefficient (Wildman–Crippen LogP) is 5.68. The van der Waals surface area contributed by atoms with Gasteiger partial charge in [-0.15, -0.1) is 0 Å². The number of nitrogens with one attached hydrogen (secondary N) is 2. The molecule has 0 aliphatic rings. The van der Waals surface area contributed by atoms with E-state index in [1.54, 1.807) is 44.2 Å². The molecule has 0 aliphatic carbocycles. The Hall–Kier alpha value is -4.44. The first-order valence-corrected chi connectivity index (χ1v) is 15.0. The summed E-state index contributed by atoms with van der Waals surface area (Å²) in [4.78, 5) is 55.5. The zero-order valence-corrected chi connectivity index (χ0v) is 25.9. The van der Waals surface area contributed by atoms with E-state index in [1.165, 1.54) is 11.1 Å². The Balaban J connectivity index is 1.61. The van der Waals surface area contributed by atoms with Crippen molar-refractivity contribution < 1.29 is 33.5 Å². The van der Waals surface area contributed by atoms with Gasteiger partial charge in [-0.3, -0.25) is 24.0 Å². The number of carboxylic acids is 1. The Kier molecular flexibility index (Phi) is 12.7. The molecule has 0 spiro atoms. The number of hydrogen-bond acceptors (Lipinski definition) is 6. The van der Waals surface area contributed by atoms with Gasteiger partial charge in [0.05, 0.1) is 24.0 Å². The van der Waals surface area contributed by atoms with Gasteiger partial charge in [0.2, 0.25) is 12.3 Å². The summed E-state index contributed by atoms with van der Waals surface area (Å²) in [5.74, 6) is -1.73. The van der Waals surface area contributed by atoms with E-state index in [1.807, 2.05) is 37.3 Å². The fourth-order valence-corrected chi connectivity index (χ4v) is 4.90. The molecule has 0 radical (unpaired) electrons. The molecule has 44 heavy (non-hydrogen) atoms. The van der Waals surface area contributed by atoms with Crippen molar-refractivity contribution in [1.29, 1.82) is 0 Å². The molecule has 10 nitrogen and oxygen atoms in total. The monoisotopic (exact) mass is 605 g/mol. The number of aliphatic carboxylic acids is 1. The third-order valence-electron chi connectivity index (χ3n) is 7.76. The number of carbonyl (C=O) groups excluding carboxylic acids is 3. The number of nitrogens with zero attached hydrogens (tertiary/aromatic N) is 1. The minimum absolute atomic E-state index is 0.0663. The molecular formula is C34H43N3O7. The Morgan fingerprint density at radius 3 is 2.30 bits per heavy atom. The van der Waals surface area contributed by atoms with E-state index in [0.717, 1.165) is 24.8 Å². The normalized spacial score (nSPS) is 12.6. The molecule has 0 fully saturated rings. The van der Waals surface area contributed by atoms with E-state index in [2.05, 4.69) is 17.6 Å². The lowest BCUT2D eigenvalue weighted by atomic mass is 9.84. The third kappa shape index (κ3) is 9.03. The minimum Gasteiger partial charge on any atom is -0.481 e. The van der Waals surface area contributed by atoms with Gasteiger partial charge in [0, 0.05) is 5.56 Å². The molecule has 3 N–H and O–H groups in total. The lowest BCUT2D eigenvalue weighted by Gasteiger charge is -2.32. The van der Waals surface area contributed by atoms with Crippen molar-refractivity contribution in [1.82, 2.24) is 15.7 Å². The van der Waals surface area contributed by atoms with Crippen molar-refractivity contribution in [2.75, 3.05) is 6.67 Å². The highest BCUT2D eigenvalue weighted by Gasteiger charge is 2.32. The molecule has 2 atom stereocenters. The first-order valence-electron chi connectivity index (χ1n) is 15.0. The number of hydrogen-bond donors (Lipinski definition) is 3. The Morgan fingerprint density at radius 1 is 0.977 bits per heavy atom. The Bertz CT molecular complexity index is 1370. The van der Waals surface area contributed by atoms with E-state index < -0.39 is 29.3 Å². The molecule has 2 aromatic carbocycles. The molecule has 0 bridgehead atoms. The van der Waals surface area contributed by atoms with Gasteiger partial charge in [0.25, 0.3) is 5.91 Å². The molecule has 0 saturated carbocycles. The molecule has 236 valence electrons. The number of carbonyl (C=O) groups is 4. The lowest BCUT2D eigenvalue weighted by Crippen LogP contribution is -2.48. The van der Waals surface area contributed by atoms with Crippen LogP contribution in [0.3, 0.4) is 0 Å². The number of furan rings is 1. The van der Waals surface area contributed by atoms with Gasteiger partial charge in [-0.1, -0.05) is 87.7 Å². The summed E-state index contributed by atoms with van der Waals surface area (Å²) >= 11 is 0. The van der Waals surface area contributed by atoms with E-state index in [4.69, 9.17) is 9.25 Å². The number of carboxylic acid groups (broad SMARTS) is 1. The molecule has 3 rings (SSSR count). The second-order valence-electron chi connectivity index (χ2n) is 11.2. The fourth-order valence-electron chi connectivity index (χ4n) is 4.90. The van der Waals surface area contributed by atoms with Crippen LogP contribution < -0.4 is 10.6 Å². The molecular weight excluding hydrogens is 562 g/mol. The average Bonchev–Trinajstić information content (AvgIpc) is 3.53. The molecule has 3 aromatic rings. The van der Waals surface area contributed by atoms with Gasteiger partial charge in [-0.2, -0.15) is 0 Å². The van der Waals surface area contributed by atoms with Crippen molar-refractivity contribution in [3.8, 4) is 11.3 Å². The van der Waals surface area contributed by atoms with E-state index in [-0.39, 0.29) is 24.9 Å². The first kappa shape index (κ1) is 34.1. The van der Waals surface area contributed by atoms with Crippen LogP contribution in [0.5, 0.6) is 0 Å². The van der Waals surface area contributed by atoms with E-state index >= 15 is 0 Å². The maximum atomic E-state index is 13.4. The van der Waals surface area contributed by atoms with Crippen molar-refractivity contribution in [3.05, 3.63) is 83.6 Å². The topological polar surface area (TPSA) is 138 Å². The molecule has 1 heterocycles. The smallest absolute Gasteiger partial charge is 0.313 e. The quantitative estimate of drug-likeness (QED) is 0.0734. The van der Waals surface area contributed by atoms with Crippen LogP contribution in [0.4, 0.5) is 0 Å². The fraction of sp³-hybridized carbons (Fsp3) is 0.412. The number of hydroxylamine groups is 2. The molecule has 0 aliphatic heterocycles. The highest BCUT2D eigenvalue weighted by atomic mass is 16.7. The second kappa shape index (κ2) is 16.4. The zero-order valence-electron chi connectivity index (χ0n) is 25.9. The summed E-state index contributed by atoms with van der Waals surface area (Å²) in [5.41, 5.74) is 1.21. The average molecular weight is 606 g/mol. The predicted molar refractivity (Wildman–Crippen MR) is 166 cm³/mol. The standard InChI is InChI=1S/C34H43N3O7/c1-5-7-9-14-27(28(6-2)37(23-38)43-21-24-12-10-8-11-13-24)31(39)35-22-36-32(40)30-20-19-29(44-30)25-15-17-26(18-16-25)34(3,4)33(41)42/h8,10-13,15-20,23,27-28H,5-7,9,14,21-22H2,1-4H3,(H,35,39)(H,36,40)(H,41,42)/t27?,28-/m1/s1. The van der Waals surface area contributed by atoms with Crippen LogP contribution in [0.15, 0.2) is 71.1 Å². The maximum absolute atomic E-state index is 13.4. The van der Waals surface area contributed by atoms with Crippen LogP contribution in [0, 0.1) is 5.92 Å². The number of amides is 3. The van der Waals surface area contributed by atoms with Gasteiger partial charge in [0.1, 0.15) is 12.4 Å². The van der Waals surface area contributed by atoms with Gasteiger partial charge < -0.3 is 20.2 Å². The van der Waals surface area contributed by atoms with E-state index in [9.17, 15) is 24.3 Å². The zero-order chi connectivity index (χ0) is 32.1. The van der Waals surface area contributed by atoms with Gasteiger partial charge in [-0.25, -0.2) is 5.06 Å². The van der Waals surface area contributed by atoms with Crippen molar-refractivity contribution >= 4 is 24.2 Å².